The lowest BCUT2D eigenvalue weighted by atomic mass is 10.1. The molecule has 1 saturated heterocycles. The molecule has 1 heterocycles. The second-order valence-corrected chi connectivity index (χ2v) is 10.2. The molecular formula is C25H30ClF3N2O3S. The molecule has 2 aromatic rings. The molecule has 0 aliphatic carbocycles. The molecule has 0 saturated carbocycles. The fourth-order valence-corrected chi connectivity index (χ4v) is 5.18. The predicted octanol–water partition coefficient (Wildman–Crippen LogP) is 6.24. The van der Waals surface area contributed by atoms with Crippen LogP contribution >= 0.6 is 23.5 Å². The molecule has 5 nitrogen and oxygen atoms in total. The molecule has 0 radical (unpaired) electrons. The Kier molecular flexibility index (Phi) is 10.1. The van der Waals surface area contributed by atoms with Gasteiger partial charge in [-0.1, -0.05) is 23.7 Å². The van der Waals surface area contributed by atoms with Gasteiger partial charge in [0.25, 0.3) is 0 Å². The van der Waals surface area contributed by atoms with Gasteiger partial charge in [-0.15, -0.1) is 0 Å². The lowest BCUT2D eigenvalue weighted by Gasteiger charge is -2.43. The number of carbonyl (C=O) groups excluding carboxylic acids is 1. The molecule has 35 heavy (non-hydrogen) atoms. The van der Waals surface area contributed by atoms with E-state index in [1.807, 2.05) is 30.0 Å². The molecule has 1 N–H and O–H groups in total. The average molecular weight is 531 g/mol. The normalized spacial score (nSPS) is 18.6. The number of hydrogen-bond acceptors (Lipinski definition) is 4. The van der Waals surface area contributed by atoms with Gasteiger partial charge in [-0.25, -0.2) is 4.31 Å². The molecule has 0 aromatic heterocycles. The van der Waals surface area contributed by atoms with Crippen molar-refractivity contribution in [3.8, 4) is 0 Å². The minimum Gasteiger partial charge on any atom is -0.481 e. The third-order valence-corrected chi connectivity index (χ3v) is 7.29. The Labute approximate surface area is 213 Å². The van der Waals surface area contributed by atoms with Gasteiger partial charge in [0.2, 0.25) is 5.91 Å². The van der Waals surface area contributed by atoms with Crippen LogP contribution in [0.3, 0.4) is 0 Å². The first-order chi connectivity index (χ1) is 16.2. The van der Waals surface area contributed by atoms with E-state index in [4.69, 9.17) is 16.7 Å². The Morgan fingerprint density at radius 2 is 1.69 bits per heavy atom. The molecule has 1 aliphatic rings. The highest BCUT2D eigenvalue weighted by atomic mass is 35.5. The zero-order valence-electron chi connectivity index (χ0n) is 20.3. The Bertz CT molecular complexity index is 1050. The number of carboxylic acid groups (broad SMARTS) is 1. The number of hydrogen-bond donors (Lipinski definition) is 1. The largest absolute Gasteiger partial charge is 0.481 e. The maximum atomic E-state index is 12.1. The molecule has 1 aliphatic heterocycles. The van der Waals surface area contributed by atoms with Crippen LogP contribution in [0.15, 0.2) is 41.3 Å². The summed E-state index contributed by atoms with van der Waals surface area (Å²) >= 11 is 7.04. The van der Waals surface area contributed by atoms with Gasteiger partial charge in [0.15, 0.2) is 0 Å². The van der Waals surface area contributed by atoms with Crippen molar-refractivity contribution < 1.29 is 27.9 Å². The number of alkyl halides is 3. The number of benzene rings is 2. The number of halogens is 4. The highest BCUT2D eigenvalue weighted by Gasteiger charge is 2.33. The topological polar surface area (TPSA) is 60.9 Å². The van der Waals surface area contributed by atoms with Crippen LogP contribution in [-0.2, 0) is 22.2 Å². The van der Waals surface area contributed by atoms with Crippen LogP contribution in [0.1, 0.15) is 43.0 Å². The number of aryl methyl sites for hydroxylation is 2. The smallest absolute Gasteiger partial charge is 0.417 e. The van der Waals surface area contributed by atoms with E-state index in [9.17, 15) is 22.8 Å². The van der Waals surface area contributed by atoms with E-state index in [0.717, 1.165) is 35.2 Å². The van der Waals surface area contributed by atoms with Gasteiger partial charge in [0.05, 0.1) is 17.0 Å². The number of carbonyl (C=O) groups is 2. The van der Waals surface area contributed by atoms with E-state index >= 15 is 0 Å². The average Bonchev–Trinajstić information content (AvgIpc) is 2.71. The quantitative estimate of drug-likeness (QED) is 0.474. The van der Waals surface area contributed by atoms with Crippen LogP contribution in [0.4, 0.5) is 13.2 Å². The summed E-state index contributed by atoms with van der Waals surface area (Å²) in [6.07, 6.45) is -4.31. The molecular weight excluding hydrogens is 501 g/mol. The van der Waals surface area contributed by atoms with Gasteiger partial charge >= 0.3 is 12.1 Å². The first-order valence-corrected chi connectivity index (χ1v) is 12.2. The highest BCUT2D eigenvalue weighted by Crippen LogP contribution is 2.35. The van der Waals surface area contributed by atoms with Crippen molar-refractivity contribution in [1.82, 2.24) is 9.21 Å². The first-order valence-electron chi connectivity index (χ1n) is 11.1. The molecule has 3 rings (SSSR count). The van der Waals surface area contributed by atoms with Crippen molar-refractivity contribution in [3.05, 3.63) is 63.7 Å². The number of nitrogens with zero attached hydrogens (tertiary/aromatic N) is 2. The van der Waals surface area contributed by atoms with E-state index in [0.29, 0.717) is 5.56 Å². The third kappa shape index (κ3) is 8.44. The number of carboxylic acids is 1. The maximum absolute atomic E-state index is 12.1. The molecule has 0 spiro atoms. The van der Waals surface area contributed by atoms with E-state index in [-0.39, 0.29) is 29.4 Å². The summed E-state index contributed by atoms with van der Waals surface area (Å²) < 4.78 is 38.6. The summed E-state index contributed by atoms with van der Waals surface area (Å²) in [4.78, 5) is 25.5. The molecule has 1 amide bonds. The molecule has 1 fully saturated rings. The second kappa shape index (κ2) is 12.1. The third-order valence-electron chi connectivity index (χ3n) is 5.59. The van der Waals surface area contributed by atoms with E-state index in [1.54, 1.807) is 25.8 Å². The van der Waals surface area contributed by atoms with Crippen molar-refractivity contribution in [1.29, 1.82) is 0 Å². The summed E-state index contributed by atoms with van der Waals surface area (Å²) in [5.74, 6) is -0.695. The van der Waals surface area contributed by atoms with Gasteiger partial charge in [0, 0.05) is 37.0 Å². The Balaban J connectivity index is 0.000000303. The molecule has 2 aromatic carbocycles. The highest BCUT2D eigenvalue weighted by molar-refractivity contribution is 7.97. The van der Waals surface area contributed by atoms with Crippen LogP contribution in [0.2, 0.25) is 5.02 Å². The Hall–Kier alpha value is -2.23. The summed E-state index contributed by atoms with van der Waals surface area (Å²) in [7, 11) is 0. The van der Waals surface area contributed by atoms with Crippen molar-refractivity contribution in [2.45, 2.75) is 64.2 Å². The monoisotopic (exact) mass is 530 g/mol. The van der Waals surface area contributed by atoms with Crippen LogP contribution in [0, 0.1) is 13.8 Å². The number of piperazine rings is 1. The summed E-state index contributed by atoms with van der Waals surface area (Å²) in [6, 6.07) is 10.1. The number of aliphatic carboxylic acids is 1. The number of amides is 1. The minimum atomic E-state index is -4.36. The molecule has 192 valence electrons. The van der Waals surface area contributed by atoms with Gasteiger partial charge in [0.1, 0.15) is 0 Å². The van der Waals surface area contributed by atoms with Crippen LogP contribution in [-0.4, -0.2) is 51.4 Å². The van der Waals surface area contributed by atoms with E-state index in [1.165, 1.54) is 12.1 Å². The van der Waals surface area contributed by atoms with E-state index < -0.39 is 17.7 Å². The first kappa shape index (κ1) is 29.0. The molecule has 1 unspecified atom stereocenters. The van der Waals surface area contributed by atoms with Gasteiger partial charge in [-0.05, 0) is 80.6 Å². The van der Waals surface area contributed by atoms with Gasteiger partial charge in [-0.2, -0.15) is 13.2 Å². The van der Waals surface area contributed by atoms with Gasteiger partial charge < -0.3 is 10.0 Å². The predicted molar refractivity (Wildman–Crippen MR) is 133 cm³/mol. The standard InChI is InChI=1S/C17H24N2O3S.C8H6ClF3/c1-11-5-6-16(7-15(11)8-17(21)22)23-19-12(2)9-18(14(4)20)10-13(19)3;1-5-2-3-6(7(9)4-5)8(10,11)12/h5-7,12-13H,8-10H2,1-4H3,(H,21,22);2-4H,1H3/t12-,13?;/m0./s1. The molecule has 2 atom stereocenters. The minimum absolute atomic E-state index is 0.0451. The second-order valence-electron chi connectivity index (χ2n) is 8.71. The van der Waals surface area contributed by atoms with Crippen molar-refractivity contribution in [3.63, 3.8) is 0 Å². The van der Waals surface area contributed by atoms with Gasteiger partial charge in [-0.3, -0.25) is 9.59 Å². The molecule has 0 bridgehead atoms. The van der Waals surface area contributed by atoms with Crippen LogP contribution in [0.5, 0.6) is 0 Å². The Morgan fingerprint density at radius 3 is 2.17 bits per heavy atom. The molecule has 10 heteroatoms. The number of rotatable bonds is 4. The lowest BCUT2D eigenvalue weighted by molar-refractivity contribution is -0.138. The van der Waals surface area contributed by atoms with Crippen LogP contribution < -0.4 is 0 Å². The fraction of sp³-hybridized carbons (Fsp3) is 0.440. The van der Waals surface area contributed by atoms with Crippen molar-refractivity contribution >= 4 is 35.4 Å². The SMILES string of the molecule is CC(=O)N1CC(C)N(Sc2ccc(C)c(CC(=O)O)c2)[C@@H](C)C1.Cc1ccc(C(F)(F)F)c(Cl)c1. The summed E-state index contributed by atoms with van der Waals surface area (Å²) in [6.45, 7) is 10.9. The zero-order valence-corrected chi connectivity index (χ0v) is 21.9. The lowest BCUT2D eigenvalue weighted by Crippen LogP contribution is -2.54. The maximum Gasteiger partial charge on any atom is 0.417 e. The zero-order chi connectivity index (χ0) is 26.5. The van der Waals surface area contributed by atoms with Crippen molar-refractivity contribution in [2.75, 3.05) is 13.1 Å². The van der Waals surface area contributed by atoms with Crippen molar-refractivity contribution in [2.24, 2.45) is 0 Å². The summed E-state index contributed by atoms with van der Waals surface area (Å²) in [5, 5.41) is 8.77. The summed E-state index contributed by atoms with van der Waals surface area (Å²) in [5.41, 5.74) is 1.78. The van der Waals surface area contributed by atoms with Crippen LogP contribution in [0.25, 0.3) is 0 Å². The Morgan fingerprint density at radius 1 is 1.09 bits per heavy atom. The van der Waals surface area contributed by atoms with E-state index in [2.05, 4.69) is 18.2 Å². The fourth-order valence-electron chi connectivity index (χ4n) is 3.77.